The Morgan fingerprint density at radius 1 is 1.47 bits per heavy atom. The van der Waals surface area contributed by atoms with Gasteiger partial charge in [0.05, 0.1) is 0 Å². The molecule has 1 aromatic rings. The van der Waals surface area contributed by atoms with Crippen LogP contribution >= 0.6 is 0 Å². The van der Waals surface area contributed by atoms with Crippen LogP contribution in [0.3, 0.4) is 0 Å². The monoisotopic (exact) mass is 206 g/mol. The summed E-state index contributed by atoms with van der Waals surface area (Å²) < 4.78 is 0. The molecule has 0 aliphatic carbocycles. The van der Waals surface area contributed by atoms with Crippen LogP contribution in [0, 0.1) is 4.91 Å². The third kappa shape index (κ3) is 1.87. The van der Waals surface area contributed by atoms with Gasteiger partial charge in [-0.25, -0.2) is 0 Å². The SMILES string of the molecule is O=Nc1ccc2c(c1)CNC(C(=O)O)C2. The van der Waals surface area contributed by atoms with Gasteiger partial charge in [0.1, 0.15) is 11.7 Å². The molecule has 2 rings (SSSR count). The lowest BCUT2D eigenvalue weighted by atomic mass is 9.95. The molecule has 1 aromatic carbocycles. The number of carbonyl (C=O) groups is 1. The van der Waals surface area contributed by atoms with Gasteiger partial charge in [-0.05, 0) is 34.9 Å². The molecule has 2 N–H and O–H groups in total. The maximum atomic E-state index is 10.8. The minimum Gasteiger partial charge on any atom is -0.480 e. The zero-order valence-corrected chi connectivity index (χ0v) is 7.93. The zero-order valence-electron chi connectivity index (χ0n) is 7.93. The fourth-order valence-corrected chi connectivity index (χ4v) is 1.73. The van der Waals surface area contributed by atoms with E-state index in [9.17, 15) is 9.70 Å². The van der Waals surface area contributed by atoms with E-state index in [1.54, 1.807) is 18.2 Å². The van der Waals surface area contributed by atoms with Crippen molar-refractivity contribution in [3.63, 3.8) is 0 Å². The van der Waals surface area contributed by atoms with Gasteiger partial charge >= 0.3 is 5.97 Å². The summed E-state index contributed by atoms with van der Waals surface area (Å²) in [6.45, 7) is 0.468. The number of hydrogen-bond donors (Lipinski definition) is 2. The molecule has 15 heavy (non-hydrogen) atoms. The van der Waals surface area contributed by atoms with Crippen LogP contribution in [0.2, 0.25) is 0 Å². The lowest BCUT2D eigenvalue weighted by Crippen LogP contribution is -2.41. The number of hydrogen-bond acceptors (Lipinski definition) is 4. The van der Waals surface area contributed by atoms with E-state index < -0.39 is 12.0 Å². The molecule has 5 nitrogen and oxygen atoms in total. The fraction of sp³-hybridized carbons (Fsp3) is 0.300. The Hall–Kier alpha value is -1.75. The molecule has 0 saturated carbocycles. The van der Waals surface area contributed by atoms with Crippen molar-refractivity contribution in [3.8, 4) is 0 Å². The minimum absolute atomic E-state index is 0.379. The Labute approximate surface area is 86.1 Å². The summed E-state index contributed by atoms with van der Waals surface area (Å²) >= 11 is 0. The van der Waals surface area contributed by atoms with Crippen molar-refractivity contribution in [3.05, 3.63) is 34.2 Å². The van der Waals surface area contributed by atoms with Crippen LogP contribution in [0.25, 0.3) is 0 Å². The molecule has 1 aliphatic rings. The van der Waals surface area contributed by atoms with Gasteiger partial charge in [0.15, 0.2) is 0 Å². The predicted molar refractivity (Wildman–Crippen MR) is 53.9 cm³/mol. The number of carboxylic acids is 1. The quantitative estimate of drug-likeness (QED) is 0.712. The highest BCUT2D eigenvalue weighted by Crippen LogP contribution is 2.22. The number of nitrogens with one attached hydrogen (secondary N) is 1. The first kappa shape index (κ1) is 9.79. The first-order valence-electron chi connectivity index (χ1n) is 4.62. The van der Waals surface area contributed by atoms with Gasteiger partial charge < -0.3 is 10.4 Å². The van der Waals surface area contributed by atoms with E-state index in [1.165, 1.54) is 0 Å². The summed E-state index contributed by atoms with van der Waals surface area (Å²) in [5.74, 6) is -0.849. The van der Waals surface area contributed by atoms with Crippen molar-refractivity contribution in [1.29, 1.82) is 0 Å². The zero-order chi connectivity index (χ0) is 10.8. The van der Waals surface area contributed by atoms with Crippen molar-refractivity contribution < 1.29 is 9.90 Å². The molecular weight excluding hydrogens is 196 g/mol. The summed E-state index contributed by atoms with van der Waals surface area (Å²) in [7, 11) is 0. The molecule has 1 atom stereocenters. The molecule has 0 fully saturated rings. The van der Waals surface area contributed by atoms with Gasteiger partial charge in [-0.1, -0.05) is 6.07 Å². The average molecular weight is 206 g/mol. The first-order chi connectivity index (χ1) is 7.20. The molecule has 78 valence electrons. The van der Waals surface area contributed by atoms with Gasteiger partial charge in [-0.2, -0.15) is 0 Å². The molecule has 1 aliphatic heterocycles. The summed E-state index contributed by atoms with van der Waals surface area (Å²) in [6, 6.07) is 4.53. The Balaban J connectivity index is 2.28. The van der Waals surface area contributed by atoms with Gasteiger partial charge in [0.25, 0.3) is 0 Å². The molecule has 1 heterocycles. The number of rotatable bonds is 2. The summed E-state index contributed by atoms with van der Waals surface area (Å²) in [4.78, 5) is 21.1. The maximum absolute atomic E-state index is 10.8. The highest BCUT2D eigenvalue weighted by Gasteiger charge is 2.23. The van der Waals surface area contributed by atoms with Crippen molar-refractivity contribution in [2.45, 2.75) is 19.0 Å². The summed E-state index contributed by atoms with van der Waals surface area (Å²) in [5.41, 5.74) is 2.29. The normalized spacial score (nSPS) is 19.3. The number of nitroso groups, excluding NO2 is 1. The van der Waals surface area contributed by atoms with Crippen molar-refractivity contribution in [2.75, 3.05) is 0 Å². The number of fused-ring (bicyclic) bond motifs is 1. The van der Waals surface area contributed by atoms with Gasteiger partial charge in [-0.15, -0.1) is 4.91 Å². The van der Waals surface area contributed by atoms with Crippen LogP contribution in [0.5, 0.6) is 0 Å². The number of aliphatic carboxylic acids is 1. The lowest BCUT2D eigenvalue weighted by molar-refractivity contribution is -0.139. The van der Waals surface area contributed by atoms with E-state index in [4.69, 9.17) is 5.11 Å². The molecule has 0 bridgehead atoms. The number of carboxylic acid groups (broad SMARTS) is 1. The van der Waals surface area contributed by atoms with Crippen molar-refractivity contribution in [2.24, 2.45) is 5.18 Å². The maximum Gasteiger partial charge on any atom is 0.321 e. The van der Waals surface area contributed by atoms with Crippen LogP contribution in [0.1, 0.15) is 11.1 Å². The Morgan fingerprint density at radius 3 is 2.93 bits per heavy atom. The smallest absolute Gasteiger partial charge is 0.321 e. The largest absolute Gasteiger partial charge is 0.480 e. The van der Waals surface area contributed by atoms with E-state index in [2.05, 4.69) is 10.5 Å². The topological polar surface area (TPSA) is 78.8 Å². The van der Waals surface area contributed by atoms with Crippen LogP contribution in [0.15, 0.2) is 23.4 Å². The fourth-order valence-electron chi connectivity index (χ4n) is 1.73. The van der Waals surface area contributed by atoms with Crippen LogP contribution in [-0.2, 0) is 17.8 Å². The van der Waals surface area contributed by atoms with Crippen LogP contribution < -0.4 is 5.32 Å². The Morgan fingerprint density at radius 2 is 2.27 bits per heavy atom. The van der Waals surface area contributed by atoms with E-state index >= 15 is 0 Å². The molecule has 0 aromatic heterocycles. The van der Waals surface area contributed by atoms with Crippen LogP contribution in [0.4, 0.5) is 5.69 Å². The van der Waals surface area contributed by atoms with Gasteiger partial charge in [0, 0.05) is 6.54 Å². The summed E-state index contributed by atoms with van der Waals surface area (Å²) in [6.07, 6.45) is 0.448. The molecule has 0 radical (unpaired) electrons. The van der Waals surface area contributed by atoms with Crippen molar-refractivity contribution >= 4 is 11.7 Å². The average Bonchev–Trinajstić information content (AvgIpc) is 2.27. The van der Waals surface area contributed by atoms with Gasteiger partial charge in [0.2, 0.25) is 0 Å². The first-order valence-corrected chi connectivity index (χ1v) is 4.62. The highest BCUT2D eigenvalue weighted by atomic mass is 16.4. The number of nitrogens with zero attached hydrogens (tertiary/aromatic N) is 1. The van der Waals surface area contributed by atoms with E-state index in [1.807, 2.05) is 0 Å². The van der Waals surface area contributed by atoms with E-state index in [0.717, 1.165) is 11.1 Å². The predicted octanol–water partition coefficient (Wildman–Crippen LogP) is 1.18. The van der Waals surface area contributed by atoms with Gasteiger partial charge in [-0.3, -0.25) is 4.79 Å². The molecule has 0 spiro atoms. The summed E-state index contributed by atoms with van der Waals surface area (Å²) in [5, 5.41) is 14.6. The van der Waals surface area contributed by atoms with E-state index in [-0.39, 0.29) is 0 Å². The third-order valence-corrected chi connectivity index (χ3v) is 2.56. The van der Waals surface area contributed by atoms with Crippen LogP contribution in [-0.4, -0.2) is 17.1 Å². The molecule has 1 unspecified atom stereocenters. The second-order valence-electron chi connectivity index (χ2n) is 3.52. The second kappa shape index (κ2) is 3.78. The Bertz CT molecular complexity index is 417. The second-order valence-corrected chi connectivity index (χ2v) is 3.52. The molecule has 0 saturated heterocycles. The standard InChI is InChI=1S/C10H10N2O3/c13-10(14)9-4-6-1-2-8(12-15)3-7(6)5-11-9/h1-3,9,11H,4-5H2,(H,13,14). The molecular formula is C10H10N2O3. The minimum atomic E-state index is -0.849. The highest BCUT2D eigenvalue weighted by molar-refractivity contribution is 5.74. The third-order valence-electron chi connectivity index (χ3n) is 2.56. The number of benzene rings is 1. The lowest BCUT2D eigenvalue weighted by Gasteiger charge is -2.22. The molecule has 0 amide bonds. The Kier molecular flexibility index (Phi) is 2.47. The van der Waals surface area contributed by atoms with E-state index in [0.29, 0.717) is 18.7 Å². The van der Waals surface area contributed by atoms with Crippen molar-refractivity contribution in [1.82, 2.24) is 5.32 Å². The molecule has 5 heteroatoms.